The molecule has 1 aromatic heterocycles. The SMILES string of the molecule is C=C1CC=Cc2ccc(CCCCCN3CCC4=C(C=CCC(Cl)=C4)C3)nc2N1C. The van der Waals surface area contributed by atoms with Crippen LogP contribution < -0.4 is 4.90 Å². The fraction of sp³-hybridized carbons (Fsp3) is 0.423. The number of pyridine rings is 1. The lowest BCUT2D eigenvalue weighted by Crippen LogP contribution is -2.32. The summed E-state index contributed by atoms with van der Waals surface area (Å²) in [6, 6.07) is 4.38. The first-order valence-corrected chi connectivity index (χ1v) is 11.5. The summed E-state index contributed by atoms with van der Waals surface area (Å²) in [6.07, 6.45) is 18.6. The van der Waals surface area contributed by atoms with Crippen LogP contribution in [0.4, 0.5) is 5.82 Å². The molecule has 0 saturated heterocycles. The van der Waals surface area contributed by atoms with Crippen molar-refractivity contribution < 1.29 is 0 Å². The molecule has 0 unspecified atom stereocenters. The van der Waals surface area contributed by atoms with Gasteiger partial charge in [0.25, 0.3) is 0 Å². The van der Waals surface area contributed by atoms with Gasteiger partial charge in [-0.3, -0.25) is 4.90 Å². The van der Waals surface area contributed by atoms with E-state index < -0.39 is 0 Å². The molecule has 0 fully saturated rings. The van der Waals surface area contributed by atoms with Crippen molar-refractivity contribution in [2.24, 2.45) is 0 Å². The molecule has 1 aromatic rings. The average molecular weight is 422 g/mol. The van der Waals surface area contributed by atoms with Gasteiger partial charge < -0.3 is 4.90 Å². The second-order valence-corrected chi connectivity index (χ2v) is 9.02. The zero-order valence-corrected chi connectivity index (χ0v) is 18.8. The maximum atomic E-state index is 6.26. The molecule has 4 heteroatoms. The molecule has 0 radical (unpaired) electrons. The topological polar surface area (TPSA) is 19.4 Å². The molecule has 3 nitrogen and oxygen atoms in total. The van der Waals surface area contributed by atoms with Crippen LogP contribution in [0.25, 0.3) is 6.08 Å². The first-order valence-electron chi connectivity index (χ1n) is 11.1. The minimum atomic E-state index is 0.867. The summed E-state index contributed by atoms with van der Waals surface area (Å²) < 4.78 is 0. The standard InChI is InChI=1S/C26H32ClN3/c1-20-8-6-9-21-13-14-25(28-26(21)29(20)2)12-4-3-5-16-30-17-15-22-18-24(27)11-7-10-23(22)19-30/h6-7,9-10,13-14,18H,1,3-5,8,11-12,15-17,19H2,2H3. The lowest BCUT2D eigenvalue weighted by atomic mass is 9.99. The number of halogens is 1. The number of aromatic nitrogens is 1. The van der Waals surface area contributed by atoms with Crippen molar-refractivity contribution in [3.05, 3.63) is 76.1 Å². The van der Waals surface area contributed by atoms with Gasteiger partial charge in [-0.15, -0.1) is 0 Å². The molecule has 3 heterocycles. The molecule has 0 amide bonds. The number of hydrogen-bond donors (Lipinski definition) is 0. The van der Waals surface area contributed by atoms with E-state index in [1.54, 1.807) is 0 Å². The van der Waals surface area contributed by atoms with Gasteiger partial charge in [0.2, 0.25) is 0 Å². The number of fused-ring (bicyclic) bond motifs is 1. The molecule has 158 valence electrons. The number of hydrogen-bond acceptors (Lipinski definition) is 3. The molecule has 0 bridgehead atoms. The average Bonchev–Trinajstić information content (AvgIpc) is 3.01. The number of rotatable bonds is 6. The summed E-state index contributed by atoms with van der Waals surface area (Å²) in [4.78, 5) is 9.64. The Kier molecular flexibility index (Phi) is 6.91. The Morgan fingerprint density at radius 3 is 2.83 bits per heavy atom. The van der Waals surface area contributed by atoms with Crippen molar-refractivity contribution in [2.75, 3.05) is 31.6 Å². The molecule has 0 N–H and O–H groups in total. The molecule has 0 aromatic carbocycles. The van der Waals surface area contributed by atoms with Gasteiger partial charge >= 0.3 is 0 Å². The zero-order chi connectivity index (χ0) is 20.9. The zero-order valence-electron chi connectivity index (χ0n) is 18.0. The van der Waals surface area contributed by atoms with Gasteiger partial charge in [0, 0.05) is 55.0 Å². The third-order valence-corrected chi connectivity index (χ3v) is 6.54. The third kappa shape index (κ3) is 5.14. The first-order chi connectivity index (χ1) is 14.6. The van der Waals surface area contributed by atoms with Crippen molar-refractivity contribution in [2.45, 2.75) is 44.9 Å². The van der Waals surface area contributed by atoms with E-state index in [9.17, 15) is 0 Å². The first kappa shape index (κ1) is 21.1. The van der Waals surface area contributed by atoms with Gasteiger partial charge in [-0.05, 0) is 61.6 Å². The second kappa shape index (κ2) is 9.80. The molecule has 3 aliphatic rings. The fourth-order valence-corrected chi connectivity index (χ4v) is 4.62. The van der Waals surface area contributed by atoms with Crippen LogP contribution >= 0.6 is 11.6 Å². The predicted molar refractivity (Wildman–Crippen MR) is 129 cm³/mol. The molecule has 0 saturated carbocycles. The number of nitrogens with zero attached hydrogens (tertiary/aromatic N) is 3. The van der Waals surface area contributed by atoms with Gasteiger partial charge in [0.05, 0.1) is 0 Å². The molecular formula is C26H32ClN3. The van der Waals surface area contributed by atoms with Gasteiger partial charge in [-0.2, -0.15) is 0 Å². The van der Waals surface area contributed by atoms with Crippen molar-refractivity contribution in [3.63, 3.8) is 0 Å². The lowest BCUT2D eigenvalue weighted by molar-refractivity contribution is 0.282. The van der Waals surface area contributed by atoms with E-state index in [1.807, 2.05) is 0 Å². The summed E-state index contributed by atoms with van der Waals surface area (Å²) in [5.74, 6) is 1.04. The highest BCUT2D eigenvalue weighted by Gasteiger charge is 2.17. The molecular weight excluding hydrogens is 390 g/mol. The minimum absolute atomic E-state index is 0.867. The van der Waals surface area contributed by atoms with Crippen LogP contribution in [-0.4, -0.2) is 36.6 Å². The van der Waals surface area contributed by atoms with E-state index in [1.165, 1.54) is 48.2 Å². The Hall–Kier alpha value is -2.10. The largest absolute Gasteiger partial charge is 0.333 e. The fourth-order valence-electron chi connectivity index (χ4n) is 4.40. The summed E-state index contributed by atoms with van der Waals surface area (Å²) in [7, 11) is 2.07. The molecule has 4 rings (SSSR count). The maximum absolute atomic E-state index is 6.26. The van der Waals surface area contributed by atoms with E-state index in [0.29, 0.717) is 0 Å². The number of aryl methyl sites for hydroxylation is 1. The Bertz CT molecular complexity index is 922. The summed E-state index contributed by atoms with van der Waals surface area (Å²) >= 11 is 6.26. The highest BCUT2D eigenvalue weighted by atomic mass is 35.5. The van der Waals surface area contributed by atoms with E-state index in [4.69, 9.17) is 16.6 Å². The van der Waals surface area contributed by atoms with E-state index >= 15 is 0 Å². The van der Waals surface area contributed by atoms with Crippen molar-refractivity contribution in [1.29, 1.82) is 0 Å². The van der Waals surface area contributed by atoms with Crippen LogP contribution in [0.5, 0.6) is 0 Å². The monoisotopic (exact) mass is 421 g/mol. The van der Waals surface area contributed by atoms with Gasteiger partial charge in [-0.1, -0.05) is 48.9 Å². The molecule has 30 heavy (non-hydrogen) atoms. The second-order valence-electron chi connectivity index (χ2n) is 8.53. The summed E-state index contributed by atoms with van der Waals surface area (Å²) in [5.41, 5.74) is 6.34. The Labute approximate surface area is 186 Å². The third-order valence-electron chi connectivity index (χ3n) is 6.28. The lowest BCUT2D eigenvalue weighted by Gasteiger charge is -2.28. The van der Waals surface area contributed by atoms with Crippen molar-refractivity contribution in [3.8, 4) is 0 Å². The normalized spacial score (nSPS) is 19.3. The predicted octanol–water partition coefficient (Wildman–Crippen LogP) is 6.25. The van der Waals surface area contributed by atoms with E-state index in [-0.39, 0.29) is 0 Å². The number of anilines is 1. The molecule has 1 aliphatic carbocycles. The van der Waals surface area contributed by atoms with Crippen LogP contribution in [0.15, 0.2) is 64.9 Å². The Balaban J connectivity index is 1.23. The molecule has 0 atom stereocenters. The van der Waals surface area contributed by atoms with Crippen LogP contribution in [-0.2, 0) is 6.42 Å². The highest BCUT2D eigenvalue weighted by molar-refractivity contribution is 6.29. The summed E-state index contributed by atoms with van der Waals surface area (Å²) in [5, 5.41) is 0.961. The van der Waals surface area contributed by atoms with Crippen LogP contribution in [0.1, 0.15) is 49.8 Å². The minimum Gasteiger partial charge on any atom is -0.333 e. The molecule has 0 spiro atoms. The molecule has 2 aliphatic heterocycles. The smallest absolute Gasteiger partial charge is 0.140 e. The quantitative estimate of drug-likeness (QED) is 0.506. The van der Waals surface area contributed by atoms with Crippen molar-refractivity contribution >= 4 is 23.5 Å². The van der Waals surface area contributed by atoms with Gasteiger partial charge in [0.15, 0.2) is 0 Å². The van der Waals surface area contributed by atoms with E-state index in [2.05, 4.69) is 65.9 Å². The van der Waals surface area contributed by atoms with E-state index in [0.717, 1.165) is 55.3 Å². The highest BCUT2D eigenvalue weighted by Crippen LogP contribution is 2.28. The van der Waals surface area contributed by atoms with Crippen LogP contribution in [0.3, 0.4) is 0 Å². The van der Waals surface area contributed by atoms with Crippen molar-refractivity contribution in [1.82, 2.24) is 9.88 Å². The van der Waals surface area contributed by atoms with Gasteiger partial charge in [-0.25, -0.2) is 4.98 Å². The number of unbranched alkanes of at least 4 members (excludes halogenated alkanes) is 2. The maximum Gasteiger partial charge on any atom is 0.140 e. The van der Waals surface area contributed by atoms with Gasteiger partial charge in [0.1, 0.15) is 5.82 Å². The number of allylic oxidation sites excluding steroid dienone is 4. The van der Waals surface area contributed by atoms with Crippen LogP contribution in [0, 0.1) is 0 Å². The Morgan fingerprint density at radius 1 is 1.07 bits per heavy atom. The summed E-state index contributed by atoms with van der Waals surface area (Å²) in [6.45, 7) is 7.54. The van der Waals surface area contributed by atoms with Crippen LogP contribution in [0.2, 0.25) is 0 Å². The Morgan fingerprint density at radius 2 is 1.93 bits per heavy atom.